The topological polar surface area (TPSA) is 58.6 Å². The normalized spacial score (nSPS) is 10.5. The van der Waals surface area contributed by atoms with Crippen LogP contribution in [0.2, 0.25) is 0 Å². The molecule has 5 heteroatoms. The predicted molar refractivity (Wildman–Crippen MR) is 91.4 cm³/mol. The average Bonchev–Trinajstić information content (AvgIpc) is 2.50. The Morgan fingerprint density at radius 3 is 2.35 bits per heavy atom. The maximum Gasteiger partial charge on any atom is 0.220 e. The quantitative estimate of drug-likeness (QED) is 0.759. The third kappa shape index (κ3) is 7.68. The second-order valence-corrected chi connectivity index (χ2v) is 6.05. The van der Waals surface area contributed by atoms with Crippen LogP contribution in [0.4, 0.5) is 0 Å². The lowest BCUT2D eigenvalue weighted by Crippen LogP contribution is -2.38. The van der Waals surface area contributed by atoms with Gasteiger partial charge in [-0.1, -0.05) is 26.0 Å². The molecule has 1 N–H and O–H groups in total. The number of hydrogen-bond donors (Lipinski definition) is 1. The van der Waals surface area contributed by atoms with Gasteiger partial charge in [0.1, 0.15) is 5.75 Å². The molecule has 5 nitrogen and oxygen atoms in total. The van der Waals surface area contributed by atoms with Crippen LogP contribution in [0.5, 0.6) is 5.75 Å². The first-order chi connectivity index (χ1) is 10.9. The first kappa shape index (κ1) is 19.0. The van der Waals surface area contributed by atoms with Crippen LogP contribution in [0.15, 0.2) is 24.3 Å². The minimum atomic E-state index is 0.0246. The Hall–Kier alpha value is -2.04. The van der Waals surface area contributed by atoms with E-state index in [0.29, 0.717) is 32.0 Å². The molecule has 0 unspecified atom stereocenters. The van der Waals surface area contributed by atoms with E-state index in [-0.39, 0.29) is 11.8 Å². The van der Waals surface area contributed by atoms with Gasteiger partial charge in [-0.3, -0.25) is 9.59 Å². The van der Waals surface area contributed by atoms with Gasteiger partial charge in [-0.15, -0.1) is 0 Å². The fraction of sp³-hybridized carbons (Fsp3) is 0.556. The summed E-state index contributed by atoms with van der Waals surface area (Å²) in [5.41, 5.74) is 1.15. The fourth-order valence-electron chi connectivity index (χ4n) is 2.26. The van der Waals surface area contributed by atoms with Crippen LogP contribution in [0.3, 0.4) is 0 Å². The lowest BCUT2D eigenvalue weighted by atomic mass is 10.1. The maximum absolute atomic E-state index is 11.7. The Kier molecular flexibility index (Phi) is 8.16. The molecule has 0 fully saturated rings. The standard InChI is InChI=1S/C18H28N2O3/c1-14(2)13-18(22)19-10-12-20(15(3)21)11-9-16-5-7-17(23-4)8-6-16/h5-8,14H,9-13H2,1-4H3,(H,19,22). The number of carbonyl (C=O) groups is 2. The molecule has 0 atom stereocenters. The van der Waals surface area contributed by atoms with Crippen molar-refractivity contribution in [3.63, 3.8) is 0 Å². The van der Waals surface area contributed by atoms with E-state index in [0.717, 1.165) is 17.7 Å². The summed E-state index contributed by atoms with van der Waals surface area (Å²) in [5, 5.41) is 2.86. The summed E-state index contributed by atoms with van der Waals surface area (Å²) in [4.78, 5) is 25.1. The van der Waals surface area contributed by atoms with Gasteiger partial charge in [0.05, 0.1) is 7.11 Å². The van der Waals surface area contributed by atoms with Crippen LogP contribution < -0.4 is 10.1 Å². The molecular weight excluding hydrogens is 292 g/mol. The number of nitrogens with one attached hydrogen (secondary N) is 1. The summed E-state index contributed by atoms with van der Waals surface area (Å²) in [6.07, 6.45) is 1.30. The molecular formula is C18H28N2O3. The molecule has 0 heterocycles. The smallest absolute Gasteiger partial charge is 0.220 e. The van der Waals surface area contributed by atoms with Crippen molar-refractivity contribution < 1.29 is 14.3 Å². The van der Waals surface area contributed by atoms with Gasteiger partial charge < -0.3 is 15.0 Å². The van der Waals surface area contributed by atoms with E-state index in [9.17, 15) is 9.59 Å². The number of methoxy groups -OCH3 is 1. The zero-order valence-corrected chi connectivity index (χ0v) is 14.6. The molecule has 0 spiro atoms. The van der Waals surface area contributed by atoms with E-state index in [1.54, 1.807) is 18.9 Å². The van der Waals surface area contributed by atoms with Crippen molar-refractivity contribution in [3.05, 3.63) is 29.8 Å². The van der Waals surface area contributed by atoms with Crippen LogP contribution in [-0.2, 0) is 16.0 Å². The van der Waals surface area contributed by atoms with Gasteiger partial charge in [0.15, 0.2) is 0 Å². The number of nitrogens with zero attached hydrogens (tertiary/aromatic N) is 1. The molecule has 1 aromatic rings. The van der Waals surface area contributed by atoms with Crippen molar-refractivity contribution in [3.8, 4) is 5.75 Å². The SMILES string of the molecule is COc1ccc(CCN(CCNC(=O)CC(C)C)C(C)=O)cc1. The Morgan fingerprint density at radius 2 is 1.83 bits per heavy atom. The fourth-order valence-corrected chi connectivity index (χ4v) is 2.26. The second-order valence-electron chi connectivity index (χ2n) is 6.05. The highest BCUT2D eigenvalue weighted by atomic mass is 16.5. The van der Waals surface area contributed by atoms with Crippen molar-refractivity contribution in [2.24, 2.45) is 5.92 Å². The highest BCUT2D eigenvalue weighted by molar-refractivity contribution is 5.76. The number of amides is 2. The van der Waals surface area contributed by atoms with E-state index in [2.05, 4.69) is 5.32 Å². The third-order valence-electron chi connectivity index (χ3n) is 3.57. The Balaban J connectivity index is 2.39. The third-order valence-corrected chi connectivity index (χ3v) is 3.57. The molecule has 0 radical (unpaired) electrons. The zero-order valence-electron chi connectivity index (χ0n) is 14.6. The molecule has 1 aromatic carbocycles. The molecule has 0 saturated heterocycles. The van der Waals surface area contributed by atoms with Crippen LogP contribution in [0, 0.1) is 5.92 Å². The molecule has 0 aliphatic rings. The summed E-state index contributed by atoms with van der Waals surface area (Å²) in [5.74, 6) is 1.23. The number of ether oxygens (including phenoxy) is 1. The van der Waals surface area contributed by atoms with Crippen molar-refractivity contribution in [2.45, 2.75) is 33.6 Å². The average molecular weight is 320 g/mol. The highest BCUT2D eigenvalue weighted by Crippen LogP contribution is 2.12. The number of hydrogen-bond acceptors (Lipinski definition) is 3. The lowest BCUT2D eigenvalue weighted by molar-refractivity contribution is -0.129. The van der Waals surface area contributed by atoms with Crippen LogP contribution in [0.1, 0.15) is 32.8 Å². The zero-order chi connectivity index (χ0) is 17.2. The Morgan fingerprint density at radius 1 is 1.17 bits per heavy atom. The molecule has 0 bridgehead atoms. The van der Waals surface area contributed by atoms with E-state index in [1.807, 2.05) is 38.1 Å². The van der Waals surface area contributed by atoms with Crippen molar-refractivity contribution in [1.82, 2.24) is 10.2 Å². The van der Waals surface area contributed by atoms with Crippen LogP contribution >= 0.6 is 0 Å². The summed E-state index contributed by atoms with van der Waals surface area (Å²) < 4.78 is 5.13. The van der Waals surface area contributed by atoms with Crippen molar-refractivity contribution in [2.75, 3.05) is 26.7 Å². The predicted octanol–water partition coefficient (Wildman–Crippen LogP) is 2.25. The summed E-state index contributed by atoms with van der Waals surface area (Å²) >= 11 is 0. The van der Waals surface area contributed by atoms with Crippen molar-refractivity contribution >= 4 is 11.8 Å². The van der Waals surface area contributed by atoms with Gasteiger partial charge in [0.2, 0.25) is 11.8 Å². The Bertz CT molecular complexity index is 497. The molecule has 2 amide bonds. The number of benzene rings is 1. The van der Waals surface area contributed by atoms with E-state index < -0.39 is 0 Å². The molecule has 0 aliphatic heterocycles. The summed E-state index contributed by atoms with van der Waals surface area (Å²) in [6.45, 7) is 7.25. The van der Waals surface area contributed by atoms with E-state index in [1.165, 1.54) is 0 Å². The first-order valence-electron chi connectivity index (χ1n) is 8.07. The van der Waals surface area contributed by atoms with Gasteiger partial charge in [-0.05, 0) is 30.0 Å². The molecule has 23 heavy (non-hydrogen) atoms. The maximum atomic E-state index is 11.7. The van der Waals surface area contributed by atoms with Gasteiger partial charge >= 0.3 is 0 Å². The summed E-state index contributed by atoms with van der Waals surface area (Å²) in [6, 6.07) is 7.84. The minimum Gasteiger partial charge on any atom is -0.497 e. The van der Waals surface area contributed by atoms with Gasteiger partial charge in [-0.2, -0.15) is 0 Å². The van der Waals surface area contributed by atoms with Crippen molar-refractivity contribution in [1.29, 1.82) is 0 Å². The number of carbonyl (C=O) groups excluding carboxylic acids is 2. The van der Waals surface area contributed by atoms with Crippen LogP contribution in [-0.4, -0.2) is 43.5 Å². The van der Waals surface area contributed by atoms with Crippen LogP contribution in [0.25, 0.3) is 0 Å². The molecule has 0 saturated carbocycles. The largest absolute Gasteiger partial charge is 0.497 e. The minimum absolute atomic E-state index is 0.0246. The van der Waals surface area contributed by atoms with Gasteiger partial charge in [-0.25, -0.2) is 0 Å². The summed E-state index contributed by atoms with van der Waals surface area (Å²) in [7, 11) is 1.64. The molecule has 0 aliphatic carbocycles. The number of rotatable bonds is 9. The highest BCUT2D eigenvalue weighted by Gasteiger charge is 2.10. The van der Waals surface area contributed by atoms with Gasteiger partial charge in [0, 0.05) is 33.0 Å². The van der Waals surface area contributed by atoms with Gasteiger partial charge in [0.25, 0.3) is 0 Å². The monoisotopic (exact) mass is 320 g/mol. The molecule has 1 rings (SSSR count). The lowest BCUT2D eigenvalue weighted by Gasteiger charge is -2.21. The van der Waals surface area contributed by atoms with E-state index in [4.69, 9.17) is 4.74 Å². The Labute approximate surface area is 139 Å². The second kappa shape index (κ2) is 9.87. The molecule has 0 aromatic heterocycles. The first-order valence-corrected chi connectivity index (χ1v) is 8.07. The van der Waals surface area contributed by atoms with E-state index >= 15 is 0 Å². The molecule has 128 valence electrons.